The summed E-state index contributed by atoms with van der Waals surface area (Å²) in [7, 11) is 4.30. The molecule has 0 unspecified atom stereocenters. The van der Waals surface area contributed by atoms with Gasteiger partial charge in [-0.2, -0.15) is 0 Å². The number of para-hydroxylation sites is 3. The van der Waals surface area contributed by atoms with Crippen molar-refractivity contribution in [3.8, 4) is 0 Å². The maximum atomic E-state index is 4.98. The van der Waals surface area contributed by atoms with Crippen LogP contribution in [0.3, 0.4) is 0 Å². The van der Waals surface area contributed by atoms with E-state index >= 15 is 0 Å². The zero-order valence-electron chi connectivity index (χ0n) is 15.6. The Morgan fingerprint density at radius 2 is 1.52 bits per heavy atom. The van der Waals surface area contributed by atoms with Gasteiger partial charge in [0.15, 0.2) is 5.95 Å². The van der Waals surface area contributed by atoms with Gasteiger partial charge in [0.05, 0.1) is 11.0 Å². The smallest absolute Gasteiger partial charge is 0.337 e. The molecule has 0 saturated carbocycles. The van der Waals surface area contributed by atoms with Crippen LogP contribution < -0.4 is 20.7 Å². The van der Waals surface area contributed by atoms with Crippen molar-refractivity contribution in [2.24, 2.45) is 0 Å². The predicted molar refractivity (Wildman–Crippen MR) is 114 cm³/mol. The Morgan fingerprint density at radius 3 is 2.37 bits per heavy atom. The molecule has 3 aromatic carbocycles. The van der Waals surface area contributed by atoms with E-state index in [1.165, 1.54) is 39.1 Å². The Morgan fingerprint density at radius 1 is 0.815 bits per heavy atom. The number of hydrogen-bond donors (Lipinski definition) is 0. The number of imidazole rings is 1. The van der Waals surface area contributed by atoms with Gasteiger partial charge < -0.3 is 14.3 Å². The molecule has 130 valence electrons. The molecule has 1 aromatic heterocycles. The summed E-state index contributed by atoms with van der Waals surface area (Å²) >= 11 is 0. The summed E-state index contributed by atoms with van der Waals surface area (Å²) in [5.41, 5.74) is 9.98. The van der Waals surface area contributed by atoms with Crippen molar-refractivity contribution in [2.75, 3.05) is 23.9 Å². The first-order chi connectivity index (χ1) is 13.1. The van der Waals surface area contributed by atoms with Crippen molar-refractivity contribution in [2.45, 2.75) is 6.92 Å². The molecular weight excluding hydrogens is 331 g/mol. The Balaban J connectivity index is 1.80. The number of anilines is 4. The van der Waals surface area contributed by atoms with Gasteiger partial charge in [0.1, 0.15) is 0 Å². The summed E-state index contributed by atoms with van der Waals surface area (Å²) < 4.78 is 2.41. The van der Waals surface area contributed by atoms with E-state index in [0.717, 1.165) is 11.5 Å². The van der Waals surface area contributed by atoms with Crippen LogP contribution in [0.1, 0.15) is 5.56 Å². The lowest BCUT2D eigenvalue weighted by molar-refractivity contribution is 1.04. The molecule has 2 aliphatic rings. The number of aryl methyl sites for hydroxylation is 1. The molecule has 27 heavy (non-hydrogen) atoms. The second kappa shape index (κ2) is 4.94. The number of benzene rings is 3. The maximum absolute atomic E-state index is 4.98. The fourth-order valence-electron chi connectivity index (χ4n) is 4.80. The van der Waals surface area contributed by atoms with Gasteiger partial charge in [0.25, 0.3) is 0 Å². The van der Waals surface area contributed by atoms with Gasteiger partial charge >= 0.3 is 6.85 Å². The maximum Gasteiger partial charge on any atom is 0.337 e. The van der Waals surface area contributed by atoms with Gasteiger partial charge in [-0.05, 0) is 53.7 Å². The molecule has 6 rings (SSSR count). The number of nitrogens with zero attached hydrogens (tertiary/aromatic N) is 4. The molecule has 0 N–H and O–H groups in total. The molecular formula is C22H19BN4. The highest BCUT2D eigenvalue weighted by Crippen LogP contribution is 2.38. The quantitative estimate of drug-likeness (QED) is 0.456. The molecule has 0 radical (unpaired) electrons. The highest BCUT2D eigenvalue weighted by Gasteiger charge is 2.42. The highest BCUT2D eigenvalue weighted by molar-refractivity contribution is 6.89. The fraction of sp³-hybridized carbons (Fsp3) is 0.136. The van der Waals surface area contributed by atoms with Gasteiger partial charge in [-0.15, -0.1) is 0 Å². The van der Waals surface area contributed by atoms with E-state index in [9.17, 15) is 0 Å². The first-order valence-corrected chi connectivity index (χ1v) is 9.33. The summed E-state index contributed by atoms with van der Waals surface area (Å²) in [6.45, 7) is 2.31. The molecule has 0 atom stereocenters. The standard InChI is InChI=1S/C22H19BN4/c1-14-12-19-21-20(13-14)26(3)22-24-16-9-5-7-11-18(16)27(22)23(21)15-8-4-6-10-17(15)25(19)2/h4-13H,1-3H3. The van der Waals surface area contributed by atoms with E-state index in [-0.39, 0.29) is 6.85 Å². The summed E-state index contributed by atoms with van der Waals surface area (Å²) in [6, 6.07) is 21.8. The van der Waals surface area contributed by atoms with E-state index < -0.39 is 0 Å². The van der Waals surface area contributed by atoms with Crippen molar-refractivity contribution in [1.29, 1.82) is 0 Å². The highest BCUT2D eigenvalue weighted by atomic mass is 15.3. The summed E-state index contributed by atoms with van der Waals surface area (Å²) in [6.07, 6.45) is 0. The van der Waals surface area contributed by atoms with Gasteiger partial charge in [0.2, 0.25) is 0 Å². The van der Waals surface area contributed by atoms with E-state index in [2.05, 4.69) is 96.0 Å². The lowest BCUT2D eigenvalue weighted by Crippen LogP contribution is -2.58. The normalized spacial score (nSPS) is 14.3. The van der Waals surface area contributed by atoms with Crippen LogP contribution in [0, 0.1) is 6.92 Å². The van der Waals surface area contributed by atoms with E-state index in [0.29, 0.717) is 0 Å². The van der Waals surface area contributed by atoms with Crippen molar-refractivity contribution in [3.63, 3.8) is 0 Å². The molecule has 3 heterocycles. The second-order valence-electron chi connectivity index (χ2n) is 7.57. The van der Waals surface area contributed by atoms with Crippen LogP contribution in [0.5, 0.6) is 0 Å². The summed E-state index contributed by atoms with van der Waals surface area (Å²) in [5, 5.41) is 0. The fourth-order valence-corrected chi connectivity index (χ4v) is 4.80. The molecule has 0 spiro atoms. The van der Waals surface area contributed by atoms with E-state index in [4.69, 9.17) is 4.98 Å². The molecule has 0 aliphatic carbocycles. The molecule has 4 nitrogen and oxygen atoms in total. The van der Waals surface area contributed by atoms with Gasteiger partial charge in [-0.1, -0.05) is 30.3 Å². The lowest BCUT2D eigenvalue weighted by atomic mass is 9.46. The largest absolute Gasteiger partial charge is 0.345 e. The lowest BCUT2D eigenvalue weighted by Gasteiger charge is -2.41. The third-order valence-electron chi connectivity index (χ3n) is 6.00. The number of fused-ring (bicyclic) bond motifs is 6. The summed E-state index contributed by atoms with van der Waals surface area (Å²) in [5.74, 6) is 1.00. The van der Waals surface area contributed by atoms with Crippen molar-refractivity contribution in [1.82, 2.24) is 9.46 Å². The third-order valence-corrected chi connectivity index (χ3v) is 6.00. The first kappa shape index (κ1) is 14.9. The molecule has 0 amide bonds. The van der Waals surface area contributed by atoms with Crippen LogP contribution in [0.2, 0.25) is 0 Å². The van der Waals surface area contributed by atoms with Crippen molar-refractivity contribution < 1.29 is 0 Å². The van der Waals surface area contributed by atoms with E-state index in [1.807, 2.05) is 0 Å². The van der Waals surface area contributed by atoms with Gasteiger partial charge in [-0.25, -0.2) is 4.98 Å². The van der Waals surface area contributed by atoms with E-state index in [1.54, 1.807) is 0 Å². The molecule has 4 aromatic rings. The van der Waals surface area contributed by atoms with Crippen LogP contribution in [0.25, 0.3) is 11.0 Å². The minimum absolute atomic E-state index is 0.140. The van der Waals surface area contributed by atoms with Crippen LogP contribution in [-0.2, 0) is 0 Å². The van der Waals surface area contributed by atoms with Gasteiger partial charge in [0, 0.05) is 31.2 Å². The monoisotopic (exact) mass is 350 g/mol. The van der Waals surface area contributed by atoms with Crippen LogP contribution >= 0.6 is 0 Å². The topological polar surface area (TPSA) is 24.3 Å². The van der Waals surface area contributed by atoms with Crippen LogP contribution in [-0.4, -0.2) is 30.4 Å². The zero-order chi connectivity index (χ0) is 18.3. The van der Waals surface area contributed by atoms with Crippen LogP contribution in [0.4, 0.5) is 23.0 Å². The minimum atomic E-state index is 0.140. The molecule has 2 aliphatic heterocycles. The number of aromatic nitrogens is 2. The summed E-state index contributed by atoms with van der Waals surface area (Å²) in [4.78, 5) is 9.55. The van der Waals surface area contributed by atoms with Crippen molar-refractivity contribution in [3.05, 3.63) is 66.2 Å². The Bertz CT molecular complexity index is 1240. The Labute approximate surface area is 158 Å². The van der Waals surface area contributed by atoms with Crippen molar-refractivity contribution >= 4 is 51.8 Å². The molecule has 0 saturated heterocycles. The average Bonchev–Trinajstić information content (AvgIpc) is 3.07. The zero-order valence-corrected chi connectivity index (χ0v) is 15.6. The third kappa shape index (κ3) is 1.76. The number of hydrogen-bond acceptors (Lipinski definition) is 3. The SMILES string of the molecule is Cc1cc2c3c(c1)N(C)c1nc4ccccc4n1B3c1ccccc1N2C. The van der Waals surface area contributed by atoms with Gasteiger partial charge in [-0.3, -0.25) is 0 Å². The second-order valence-corrected chi connectivity index (χ2v) is 7.57. The molecule has 0 bridgehead atoms. The molecule has 0 fully saturated rings. The first-order valence-electron chi connectivity index (χ1n) is 9.33. The average molecular weight is 350 g/mol. The predicted octanol–water partition coefficient (Wildman–Crippen LogP) is 3.16. The minimum Gasteiger partial charge on any atom is -0.345 e. The molecule has 5 heteroatoms. The van der Waals surface area contributed by atoms with Crippen LogP contribution in [0.15, 0.2) is 60.7 Å². The Kier molecular flexibility index (Phi) is 2.73. The Hall–Kier alpha value is -3.21. The number of rotatable bonds is 0.